The van der Waals surface area contributed by atoms with Crippen molar-refractivity contribution in [2.75, 3.05) is 6.54 Å². The molecule has 0 saturated heterocycles. The highest BCUT2D eigenvalue weighted by molar-refractivity contribution is 7.95. The van der Waals surface area contributed by atoms with E-state index < -0.39 is 52.8 Å². The van der Waals surface area contributed by atoms with Gasteiger partial charge in [-0.25, -0.2) is 22.0 Å². The first-order valence-electron chi connectivity index (χ1n) is 7.39. The van der Waals surface area contributed by atoms with Gasteiger partial charge in [0.25, 0.3) is 0 Å². The Hall–Kier alpha value is -0.480. The van der Waals surface area contributed by atoms with Crippen molar-refractivity contribution in [3.05, 3.63) is 11.6 Å². The van der Waals surface area contributed by atoms with E-state index in [4.69, 9.17) is 10.6 Å². The van der Waals surface area contributed by atoms with Crippen LogP contribution in [-0.2, 0) is 19.9 Å². The number of hydrogen-bond donors (Lipinski definition) is 2. The molecule has 0 radical (unpaired) electrons. The van der Waals surface area contributed by atoms with Crippen LogP contribution in [0.5, 0.6) is 0 Å². The Kier molecular flexibility index (Phi) is 2.60. The number of thiophene rings is 1. The largest absolute Gasteiger partial charge is 0.310 e. The summed E-state index contributed by atoms with van der Waals surface area (Å²) in [5.41, 5.74) is -0.0751. The first-order chi connectivity index (χ1) is 10.2. The fourth-order valence-electron chi connectivity index (χ4n) is 1.83. The predicted octanol–water partition coefficient (Wildman–Crippen LogP) is 0.612. The maximum absolute atomic E-state index is 12.6. The second-order valence-corrected chi connectivity index (χ2v) is 9.22. The number of hydrogen-bond acceptors (Lipinski definition) is 6. The molecule has 0 saturated carbocycles. The van der Waals surface area contributed by atoms with Gasteiger partial charge in [0.15, 0.2) is 9.84 Å². The Morgan fingerprint density at radius 1 is 1.68 bits per heavy atom. The van der Waals surface area contributed by atoms with E-state index in [9.17, 15) is 16.8 Å². The summed E-state index contributed by atoms with van der Waals surface area (Å²) in [5.74, 6) is 0. The van der Waals surface area contributed by atoms with Crippen molar-refractivity contribution in [3.8, 4) is 0 Å². The molecule has 1 aromatic rings. The molecule has 0 amide bonds. The molecule has 0 bridgehead atoms. The van der Waals surface area contributed by atoms with E-state index >= 15 is 0 Å². The lowest BCUT2D eigenvalue weighted by Crippen LogP contribution is -2.33. The van der Waals surface area contributed by atoms with Crippen LogP contribution in [0.2, 0.25) is 0 Å². The summed E-state index contributed by atoms with van der Waals surface area (Å²) in [6.45, 7) is -0.877. The van der Waals surface area contributed by atoms with E-state index in [2.05, 4.69) is 5.32 Å². The number of nitrogens with two attached hydrogens (primary N) is 1. The summed E-state index contributed by atoms with van der Waals surface area (Å²) >= 11 is 0.386. The zero-order valence-electron chi connectivity index (χ0n) is 14.0. The maximum Gasteiger partial charge on any atom is 0.247 e. The van der Waals surface area contributed by atoms with E-state index in [-0.39, 0.29) is 12.1 Å². The standard InChI is InChI=1S/C10H16N2O4S3/c1-3-12-8-4-6(2)18(13,14)10-7(8)5-9(17-10)19(11,15)16/h5-6,8,12H,3-4H2,1-2H3,(H2,11,15,16)/t6-,8-/m0/s1/i2D3,8D. The monoisotopic (exact) mass is 328 g/mol. The minimum Gasteiger partial charge on any atom is -0.310 e. The molecule has 3 N–H and O–H groups in total. The van der Waals surface area contributed by atoms with Crippen molar-refractivity contribution in [1.82, 2.24) is 5.32 Å². The summed E-state index contributed by atoms with van der Waals surface area (Å²) in [6.07, 6.45) is -0.506. The van der Waals surface area contributed by atoms with Crippen LogP contribution >= 0.6 is 11.3 Å². The fraction of sp³-hybridized carbons (Fsp3) is 0.600. The number of rotatable bonds is 3. The molecule has 9 heteroatoms. The second kappa shape index (κ2) is 4.81. The smallest absolute Gasteiger partial charge is 0.247 e. The van der Waals surface area contributed by atoms with Crippen LogP contribution in [0.25, 0.3) is 0 Å². The van der Waals surface area contributed by atoms with Crippen molar-refractivity contribution in [2.24, 2.45) is 5.14 Å². The average molecular weight is 328 g/mol. The summed E-state index contributed by atoms with van der Waals surface area (Å²) in [5, 5.41) is 5.99. The predicted molar refractivity (Wildman–Crippen MR) is 73.4 cm³/mol. The van der Waals surface area contributed by atoms with Gasteiger partial charge in [-0.3, -0.25) is 0 Å². The van der Waals surface area contributed by atoms with Gasteiger partial charge in [-0.05, 0) is 25.9 Å². The molecular weight excluding hydrogens is 308 g/mol. The van der Waals surface area contributed by atoms with Gasteiger partial charge in [0, 0.05) is 15.7 Å². The van der Waals surface area contributed by atoms with Crippen molar-refractivity contribution < 1.29 is 22.3 Å². The van der Waals surface area contributed by atoms with Gasteiger partial charge < -0.3 is 5.32 Å². The van der Waals surface area contributed by atoms with Crippen LogP contribution in [0.1, 0.15) is 37.3 Å². The van der Waals surface area contributed by atoms with E-state index in [1.807, 2.05) is 0 Å². The molecule has 19 heavy (non-hydrogen) atoms. The molecule has 1 aliphatic heterocycles. The second-order valence-electron chi connectivity index (χ2n) is 4.06. The third kappa shape index (κ3) is 2.57. The maximum atomic E-state index is 12.6. The first kappa shape index (κ1) is 10.3. The zero-order valence-corrected chi connectivity index (χ0v) is 12.5. The summed E-state index contributed by atoms with van der Waals surface area (Å²) < 4.78 is 78.2. The van der Waals surface area contributed by atoms with Gasteiger partial charge >= 0.3 is 0 Å². The van der Waals surface area contributed by atoms with Crippen molar-refractivity contribution in [1.29, 1.82) is 0 Å². The van der Waals surface area contributed by atoms with Crippen LogP contribution in [0, 0.1) is 0 Å². The normalized spacial score (nSPS) is 33.7. The Morgan fingerprint density at radius 3 is 2.89 bits per heavy atom. The molecule has 0 fully saturated rings. The number of sulfonamides is 1. The quantitative estimate of drug-likeness (QED) is 0.845. The molecule has 0 aromatic carbocycles. The van der Waals surface area contributed by atoms with Crippen molar-refractivity contribution in [2.45, 2.75) is 39.9 Å². The number of sulfone groups is 1. The van der Waals surface area contributed by atoms with Gasteiger partial charge in [-0.2, -0.15) is 0 Å². The van der Waals surface area contributed by atoms with Gasteiger partial charge in [0.1, 0.15) is 8.42 Å². The molecule has 108 valence electrons. The average Bonchev–Trinajstić information content (AvgIpc) is 2.80. The highest BCUT2D eigenvalue weighted by Crippen LogP contribution is 2.42. The Labute approximate surface area is 122 Å². The zero-order chi connectivity index (χ0) is 17.8. The minimum atomic E-state index is -4.29. The number of primary sulfonamides is 1. The van der Waals surface area contributed by atoms with Gasteiger partial charge in [0.2, 0.25) is 10.0 Å². The van der Waals surface area contributed by atoms with Crippen LogP contribution in [0.4, 0.5) is 0 Å². The van der Waals surface area contributed by atoms with Crippen molar-refractivity contribution >= 4 is 31.2 Å². The highest BCUT2D eigenvalue weighted by atomic mass is 32.3. The molecular formula is C10H16N2O4S3. The van der Waals surface area contributed by atoms with Crippen LogP contribution in [0.15, 0.2) is 14.5 Å². The number of fused-ring (bicyclic) bond motifs is 1. The van der Waals surface area contributed by atoms with E-state index in [1.54, 1.807) is 6.92 Å². The topological polar surface area (TPSA) is 106 Å². The SMILES string of the molecule is [2H]C([2H])([2H])[C@H]1C[C@]([2H])(NCC)c2cc(S(N)(=O)=O)sc2S1(=O)=O. The molecule has 0 spiro atoms. The van der Waals surface area contributed by atoms with Gasteiger partial charge in [0.05, 0.1) is 6.62 Å². The van der Waals surface area contributed by atoms with Gasteiger partial charge in [-0.1, -0.05) is 6.92 Å². The molecule has 2 rings (SSSR count). The lowest BCUT2D eigenvalue weighted by Gasteiger charge is -2.27. The molecule has 0 aliphatic carbocycles. The van der Waals surface area contributed by atoms with Crippen molar-refractivity contribution in [3.63, 3.8) is 0 Å². The number of nitrogens with one attached hydrogen (secondary N) is 1. The van der Waals surface area contributed by atoms with Crippen LogP contribution in [-0.4, -0.2) is 28.6 Å². The van der Waals surface area contributed by atoms with E-state index in [0.29, 0.717) is 11.3 Å². The Morgan fingerprint density at radius 2 is 2.37 bits per heavy atom. The van der Waals surface area contributed by atoms with Crippen LogP contribution < -0.4 is 10.5 Å². The lowest BCUT2D eigenvalue weighted by molar-refractivity contribution is 0.477. The highest BCUT2D eigenvalue weighted by Gasteiger charge is 2.39. The lowest BCUT2D eigenvalue weighted by atomic mass is 10.1. The van der Waals surface area contributed by atoms with E-state index in [1.165, 1.54) is 0 Å². The first-order valence-corrected chi connectivity index (χ1v) is 9.30. The summed E-state index contributed by atoms with van der Waals surface area (Å²) in [7, 11) is -8.46. The minimum absolute atomic E-state index is 0.0751. The third-order valence-electron chi connectivity index (χ3n) is 2.69. The Bertz CT molecular complexity index is 831. The van der Waals surface area contributed by atoms with Crippen LogP contribution in [0.3, 0.4) is 0 Å². The third-order valence-corrected chi connectivity index (χ3v) is 7.64. The fourth-order valence-corrected chi connectivity index (χ4v) is 5.85. The summed E-state index contributed by atoms with van der Waals surface area (Å²) in [6, 6.07) is -0.674. The molecule has 1 aliphatic rings. The van der Waals surface area contributed by atoms with Gasteiger partial charge in [-0.15, -0.1) is 11.3 Å². The summed E-state index contributed by atoms with van der Waals surface area (Å²) in [4.78, 5) is 0. The molecule has 6 nitrogen and oxygen atoms in total. The Balaban J connectivity index is 2.79. The molecule has 0 unspecified atom stereocenters. The molecule has 2 atom stereocenters. The molecule has 1 aromatic heterocycles. The molecule has 2 heterocycles. The van der Waals surface area contributed by atoms with E-state index in [0.717, 1.165) is 6.07 Å².